The molecule has 6 heteroatoms. The lowest BCUT2D eigenvalue weighted by Gasteiger charge is -2.42. The van der Waals surface area contributed by atoms with E-state index >= 15 is 0 Å². The minimum Gasteiger partial charge on any atom is -0.477 e. The first kappa shape index (κ1) is 19.7. The number of fused-ring (bicyclic) bond motifs is 1. The fraction of sp³-hybridized carbons (Fsp3) is 0.478. The summed E-state index contributed by atoms with van der Waals surface area (Å²) in [5, 5.41) is 0. The molecule has 0 unspecified atom stereocenters. The van der Waals surface area contributed by atoms with Gasteiger partial charge in [0.2, 0.25) is 5.88 Å². The highest BCUT2D eigenvalue weighted by Gasteiger charge is 2.51. The van der Waals surface area contributed by atoms with E-state index in [1.54, 1.807) is 30.5 Å². The molecule has 2 saturated heterocycles. The van der Waals surface area contributed by atoms with Gasteiger partial charge in [0, 0.05) is 24.0 Å². The van der Waals surface area contributed by atoms with Crippen molar-refractivity contribution < 1.29 is 13.9 Å². The fourth-order valence-electron chi connectivity index (χ4n) is 5.02. The van der Waals surface area contributed by atoms with Crippen LogP contribution in [0.4, 0.5) is 10.1 Å². The van der Waals surface area contributed by atoms with Crippen molar-refractivity contribution in [3.05, 3.63) is 54.0 Å². The van der Waals surface area contributed by atoms with Gasteiger partial charge in [-0.05, 0) is 70.4 Å². The van der Waals surface area contributed by atoms with Gasteiger partial charge in [0.1, 0.15) is 11.4 Å². The summed E-state index contributed by atoms with van der Waals surface area (Å²) in [6.07, 6.45) is 4.38. The summed E-state index contributed by atoms with van der Waals surface area (Å²) in [7, 11) is 0. The number of carbonyl (C=O) groups excluding carboxylic acids is 1. The molecule has 0 aliphatic carbocycles. The number of anilines is 1. The maximum atomic E-state index is 13.9. The van der Waals surface area contributed by atoms with Crippen molar-refractivity contribution in [1.29, 1.82) is 0 Å². The molecule has 1 aromatic heterocycles. The zero-order chi connectivity index (χ0) is 20.6. The molecule has 2 atom stereocenters. The Bertz CT molecular complexity index is 901. The molecular weight excluding hydrogens is 369 g/mol. The summed E-state index contributed by atoms with van der Waals surface area (Å²) in [6.45, 7) is 7.41. The van der Waals surface area contributed by atoms with E-state index in [0.717, 1.165) is 24.9 Å². The van der Waals surface area contributed by atoms with Crippen LogP contribution >= 0.6 is 0 Å². The van der Waals surface area contributed by atoms with Gasteiger partial charge >= 0.3 is 0 Å². The van der Waals surface area contributed by atoms with Crippen molar-refractivity contribution in [3.8, 4) is 5.88 Å². The molecule has 2 aromatic rings. The molecule has 4 rings (SSSR count). The van der Waals surface area contributed by atoms with Gasteiger partial charge in [-0.15, -0.1) is 0 Å². The second-order valence-corrected chi connectivity index (χ2v) is 8.43. The smallest absolute Gasteiger partial charge is 0.259 e. The molecule has 2 aliphatic rings. The lowest BCUT2D eigenvalue weighted by molar-refractivity contribution is 0.0600. The average molecular weight is 397 g/mol. The number of hydrogen-bond donors (Lipinski definition) is 0. The SMILES string of the molecule is CCOc1ncccc1C(=O)N1CCC[C@H]2[C@@H]1CC(C)(C)N2c1cccc(F)c1. The highest BCUT2D eigenvalue weighted by atomic mass is 19.1. The third-order valence-corrected chi connectivity index (χ3v) is 6.07. The molecule has 29 heavy (non-hydrogen) atoms. The fourth-order valence-corrected chi connectivity index (χ4v) is 5.02. The number of rotatable bonds is 4. The third-order valence-electron chi connectivity index (χ3n) is 6.07. The predicted octanol–water partition coefficient (Wildman–Crippen LogP) is 4.28. The molecular formula is C23H28FN3O2. The topological polar surface area (TPSA) is 45.7 Å². The number of aromatic nitrogens is 1. The standard InChI is InChI=1S/C23H28FN3O2/c1-4-29-21-18(10-6-12-25-21)22(28)26-13-7-11-19-20(26)15-23(2,3)27(19)17-9-5-8-16(24)14-17/h5-6,8-10,12,14,19-20H,4,7,11,13,15H2,1-3H3/t19-,20-/m0/s1. The molecule has 0 spiro atoms. The Labute approximate surface area is 171 Å². The van der Waals surface area contributed by atoms with Crippen LogP contribution in [0.25, 0.3) is 0 Å². The van der Waals surface area contributed by atoms with Gasteiger partial charge in [-0.25, -0.2) is 9.37 Å². The number of likely N-dealkylation sites (tertiary alicyclic amines) is 1. The highest BCUT2D eigenvalue weighted by molar-refractivity contribution is 5.96. The van der Waals surface area contributed by atoms with E-state index in [1.165, 1.54) is 6.07 Å². The van der Waals surface area contributed by atoms with Crippen LogP contribution in [0.15, 0.2) is 42.6 Å². The Hall–Kier alpha value is -2.63. The third kappa shape index (κ3) is 3.56. The molecule has 3 heterocycles. The normalized spacial score (nSPS) is 23.0. The van der Waals surface area contributed by atoms with Crippen LogP contribution in [0.3, 0.4) is 0 Å². The molecule has 0 saturated carbocycles. The molecule has 2 fully saturated rings. The summed E-state index contributed by atoms with van der Waals surface area (Å²) >= 11 is 0. The Morgan fingerprint density at radius 1 is 1.28 bits per heavy atom. The number of halogens is 1. The Kier molecular flexibility index (Phi) is 5.19. The van der Waals surface area contributed by atoms with Gasteiger partial charge in [-0.2, -0.15) is 0 Å². The zero-order valence-corrected chi connectivity index (χ0v) is 17.3. The summed E-state index contributed by atoms with van der Waals surface area (Å²) < 4.78 is 19.5. The number of pyridine rings is 1. The van der Waals surface area contributed by atoms with E-state index in [2.05, 4.69) is 23.7 Å². The molecule has 0 radical (unpaired) electrons. The van der Waals surface area contributed by atoms with Gasteiger partial charge in [-0.3, -0.25) is 4.79 Å². The number of amides is 1. The van der Waals surface area contributed by atoms with Crippen molar-refractivity contribution in [2.45, 2.75) is 57.7 Å². The van der Waals surface area contributed by atoms with Crippen molar-refractivity contribution in [2.75, 3.05) is 18.1 Å². The maximum Gasteiger partial charge on any atom is 0.259 e. The first-order valence-electron chi connectivity index (χ1n) is 10.4. The van der Waals surface area contributed by atoms with Gasteiger partial charge in [0.15, 0.2) is 0 Å². The summed E-state index contributed by atoms with van der Waals surface area (Å²) in [5.41, 5.74) is 1.22. The van der Waals surface area contributed by atoms with Crippen LogP contribution in [-0.4, -0.2) is 46.6 Å². The van der Waals surface area contributed by atoms with Gasteiger partial charge in [0.05, 0.1) is 18.7 Å². The van der Waals surface area contributed by atoms with E-state index in [9.17, 15) is 9.18 Å². The molecule has 0 N–H and O–H groups in total. The van der Waals surface area contributed by atoms with Gasteiger partial charge < -0.3 is 14.5 Å². The monoisotopic (exact) mass is 397 g/mol. The van der Waals surface area contributed by atoms with Crippen LogP contribution in [0.1, 0.15) is 50.4 Å². The number of hydrogen-bond acceptors (Lipinski definition) is 4. The molecule has 2 aliphatic heterocycles. The molecule has 1 aromatic carbocycles. The predicted molar refractivity (Wildman–Crippen MR) is 111 cm³/mol. The van der Waals surface area contributed by atoms with Gasteiger partial charge in [-0.1, -0.05) is 6.07 Å². The Balaban J connectivity index is 1.66. The molecule has 1 amide bonds. The number of piperidine rings is 1. The summed E-state index contributed by atoms with van der Waals surface area (Å²) in [6, 6.07) is 10.6. The maximum absolute atomic E-state index is 13.9. The second-order valence-electron chi connectivity index (χ2n) is 8.43. The lowest BCUT2D eigenvalue weighted by atomic mass is 9.93. The largest absolute Gasteiger partial charge is 0.477 e. The Morgan fingerprint density at radius 3 is 2.86 bits per heavy atom. The average Bonchev–Trinajstić information content (AvgIpc) is 2.97. The quantitative estimate of drug-likeness (QED) is 0.772. The van der Waals surface area contributed by atoms with Crippen molar-refractivity contribution in [1.82, 2.24) is 9.88 Å². The van der Waals surface area contributed by atoms with E-state index in [4.69, 9.17) is 4.74 Å². The van der Waals surface area contributed by atoms with Gasteiger partial charge in [0.25, 0.3) is 5.91 Å². The molecule has 5 nitrogen and oxygen atoms in total. The highest BCUT2D eigenvalue weighted by Crippen LogP contribution is 2.44. The molecule has 0 bridgehead atoms. The zero-order valence-electron chi connectivity index (χ0n) is 17.3. The first-order valence-corrected chi connectivity index (χ1v) is 10.4. The number of ether oxygens (including phenoxy) is 1. The van der Waals surface area contributed by atoms with Crippen molar-refractivity contribution in [3.63, 3.8) is 0 Å². The summed E-state index contributed by atoms with van der Waals surface area (Å²) in [5.74, 6) is 0.122. The van der Waals surface area contributed by atoms with Crippen LogP contribution in [-0.2, 0) is 0 Å². The number of benzene rings is 1. The number of carbonyl (C=O) groups is 1. The van der Waals surface area contributed by atoms with Crippen LogP contribution in [0, 0.1) is 5.82 Å². The van der Waals surface area contributed by atoms with Crippen LogP contribution in [0.5, 0.6) is 5.88 Å². The Morgan fingerprint density at radius 2 is 2.10 bits per heavy atom. The van der Waals surface area contributed by atoms with E-state index in [-0.39, 0.29) is 29.3 Å². The number of nitrogens with zero attached hydrogens (tertiary/aromatic N) is 3. The lowest BCUT2D eigenvalue weighted by Crippen LogP contribution is -2.53. The van der Waals surface area contributed by atoms with Crippen LogP contribution < -0.4 is 9.64 Å². The van der Waals surface area contributed by atoms with Crippen LogP contribution in [0.2, 0.25) is 0 Å². The van der Waals surface area contributed by atoms with Crippen molar-refractivity contribution in [2.24, 2.45) is 0 Å². The summed E-state index contributed by atoms with van der Waals surface area (Å²) in [4.78, 5) is 22.0. The minimum atomic E-state index is -0.234. The minimum absolute atomic E-state index is 0.0341. The van der Waals surface area contributed by atoms with E-state index < -0.39 is 0 Å². The van der Waals surface area contributed by atoms with E-state index in [1.807, 2.05) is 17.9 Å². The second kappa shape index (κ2) is 7.65. The van der Waals surface area contributed by atoms with Crippen molar-refractivity contribution >= 4 is 11.6 Å². The van der Waals surface area contributed by atoms with E-state index in [0.29, 0.717) is 24.6 Å². The molecule has 154 valence electrons. The first-order chi connectivity index (χ1) is 13.9.